The molecule has 2 aromatic rings. The molecule has 2 atom stereocenters. The number of amides is 1. The van der Waals surface area contributed by atoms with E-state index in [0.29, 0.717) is 13.1 Å². The largest absolute Gasteiger partial charge is 0.345 e. The molecule has 1 aromatic heterocycles. The Morgan fingerprint density at radius 3 is 2.77 bits per heavy atom. The Labute approximate surface area is 161 Å². The third-order valence-electron chi connectivity index (χ3n) is 4.67. The molecule has 2 unspecified atom stereocenters. The zero-order valence-electron chi connectivity index (χ0n) is 13.8. The first-order valence-electron chi connectivity index (χ1n) is 8.38. The van der Waals surface area contributed by atoms with Gasteiger partial charge in [-0.1, -0.05) is 27.3 Å². The highest BCUT2D eigenvalue weighted by atomic mass is 79.9. The van der Waals surface area contributed by atoms with Crippen molar-refractivity contribution in [2.45, 2.75) is 25.2 Å². The van der Waals surface area contributed by atoms with E-state index in [2.05, 4.69) is 42.5 Å². The van der Waals surface area contributed by atoms with Crippen molar-refractivity contribution in [1.82, 2.24) is 20.5 Å². The lowest BCUT2D eigenvalue weighted by Crippen LogP contribution is -2.67. The molecule has 2 aliphatic heterocycles. The molecule has 0 bridgehead atoms. The van der Waals surface area contributed by atoms with Crippen LogP contribution in [0.4, 0.5) is 13.9 Å². The first-order chi connectivity index (χ1) is 12.5. The van der Waals surface area contributed by atoms with Gasteiger partial charge in [0.05, 0.1) is 16.3 Å². The summed E-state index contributed by atoms with van der Waals surface area (Å²) in [4.78, 5) is 20.6. The van der Waals surface area contributed by atoms with Crippen molar-refractivity contribution in [2.75, 3.05) is 31.1 Å². The Kier molecular flexibility index (Phi) is 5.09. The number of carbonyl (C=O) groups is 1. The van der Waals surface area contributed by atoms with E-state index in [1.165, 1.54) is 0 Å². The number of rotatable bonds is 3. The lowest BCUT2D eigenvalue weighted by Gasteiger charge is -2.42. The maximum Gasteiger partial charge on any atom is 0.254 e. The number of fused-ring (bicyclic) bond motifs is 1. The SMILES string of the molecule is O=C1CC(C(F)F)NC(N2CCN(c3nc4ccc(Br)cc4s3)CC2)N1. The van der Waals surface area contributed by atoms with Gasteiger partial charge in [-0.15, -0.1) is 0 Å². The summed E-state index contributed by atoms with van der Waals surface area (Å²) in [5, 5.41) is 6.56. The number of benzene rings is 1. The second kappa shape index (κ2) is 7.34. The van der Waals surface area contributed by atoms with Gasteiger partial charge in [0.15, 0.2) is 5.13 Å². The fourth-order valence-corrected chi connectivity index (χ4v) is 4.84. The molecular formula is C16H18BrF2N5OS. The molecular weight excluding hydrogens is 428 g/mol. The van der Waals surface area contributed by atoms with Crippen LogP contribution in [0.1, 0.15) is 6.42 Å². The molecule has 3 heterocycles. The number of anilines is 1. The van der Waals surface area contributed by atoms with Gasteiger partial charge < -0.3 is 10.2 Å². The smallest absolute Gasteiger partial charge is 0.254 e. The van der Waals surface area contributed by atoms with Crippen LogP contribution in [0.3, 0.4) is 0 Å². The van der Waals surface area contributed by atoms with Crippen LogP contribution in [0.5, 0.6) is 0 Å². The molecule has 10 heteroatoms. The third-order valence-corrected chi connectivity index (χ3v) is 6.24. The number of alkyl halides is 2. The molecule has 2 aliphatic rings. The third kappa shape index (κ3) is 3.68. The highest BCUT2D eigenvalue weighted by molar-refractivity contribution is 9.10. The number of hydrogen-bond acceptors (Lipinski definition) is 6. The summed E-state index contributed by atoms with van der Waals surface area (Å²) in [6, 6.07) is 4.93. The second-order valence-electron chi connectivity index (χ2n) is 6.41. The van der Waals surface area contributed by atoms with Crippen molar-refractivity contribution in [3.8, 4) is 0 Å². The second-order valence-corrected chi connectivity index (χ2v) is 8.34. The van der Waals surface area contributed by atoms with Crippen LogP contribution in [-0.2, 0) is 4.79 Å². The van der Waals surface area contributed by atoms with E-state index in [1.807, 2.05) is 17.0 Å². The van der Waals surface area contributed by atoms with Crippen molar-refractivity contribution in [3.63, 3.8) is 0 Å². The van der Waals surface area contributed by atoms with Gasteiger partial charge >= 0.3 is 0 Å². The van der Waals surface area contributed by atoms with E-state index in [-0.39, 0.29) is 12.3 Å². The van der Waals surface area contributed by atoms with E-state index in [0.717, 1.165) is 32.9 Å². The molecule has 2 N–H and O–H groups in total. The van der Waals surface area contributed by atoms with Crippen molar-refractivity contribution >= 4 is 48.5 Å². The highest BCUT2D eigenvalue weighted by Crippen LogP contribution is 2.31. The summed E-state index contributed by atoms with van der Waals surface area (Å²) >= 11 is 5.11. The zero-order chi connectivity index (χ0) is 18.3. The van der Waals surface area contributed by atoms with E-state index in [9.17, 15) is 13.6 Å². The average molecular weight is 446 g/mol. The van der Waals surface area contributed by atoms with Crippen LogP contribution in [-0.4, -0.2) is 60.7 Å². The number of aromatic nitrogens is 1. The summed E-state index contributed by atoms with van der Waals surface area (Å²) in [7, 11) is 0. The standard InChI is InChI=1S/C16H18BrF2N5OS/c17-9-1-2-10-12(7-9)26-16(21-10)24-5-3-23(4-6-24)15-20-11(14(18)19)8-13(25)22-15/h1-2,7,11,14-15,20H,3-6,8H2,(H,22,25). The molecule has 0 saturated carbocycles. The van der Waals surface area contributed by atoms with Crippen LogP contribution in [0.15, 0.2) is 22.7 Å². The first-order valence-corrected chi connectivity index (χ1v) is 9.99. The Morgan fingerprint density at radius 2 is 2.04 bits per heavy atom. The topological polar surface area (TPSA) is 60.5 Å². The molecule has 2 fully saturated rings. The van der Waals surface area contributed by atoms with Crippen molar-refractivity contribution in [1.29, 1.82) is 0 Å². The number of nitrogens with one attached hydrogen (secondary N) is 2. The van der Waals surface area contributed by atoms with Gasteiger partial charge in [-0.25, -0.2) is 13.8 Å². The summed E-state index contributed by atoms with van der Waals surface area (Å²) < 4.78 is 28.1. The summed E-state index contributed by atoms with van der Waals surface area (Å²) in [6.45, 7) is 2.78. The fourth-order valence-electron chi connectivity index (χ4n) is 3.27. The van der Waals surface area contributed by atoms with Gasteiger partial charge in [-0.05, 0) is 18.2 Å². The molecule has 6 nitrogen and oxygen atoms in total. The normalized spacial score (nSPS) is 25.1. The average Bonchev–Trinajstić information content (AvgIpc) is 3.04. The highest BCUT2D eigenvalue weighted by Gasteiger charge is 2.35. The number of hydrogen-bond donors (Lipinski definition) is 2. The van der Waals surface area contributed by atoms with E-state index in [4.69, 9.17) is 0 Å². The maximum atomic E-state index is 13.0. The van der Waals surface area contributed by atoms with Crippen molar-refractivity contribution in [2.24, 2.45) is 0 Å². The molecule has 0 radical (unpaired) electrons. The number of halogens is 3. The molecule has 1 amide bonds. The first kappa shape index (κ1) is 18.0. The Hall–Kier alpha value is -1.36. The van der Waals surface area contributed by atoms with Crippen molar-refractivity contribution < 1.29 is 13.6 Å². The number of nitrogens with zero attached hydrogens (tertiary/aromatic N) is 3. The van der Waals surface area contributed by atoms with Crippen LogP contribution in [0, 0.1) is 0 Å². The molecule has 2 saturated heterocycles. The lowest BCUT2D eigenvalue weighted by atomic mass is 10.1. The van der Waals surface area contributed by atoms with E-state index in [1.54, 1.807) is 11.3 Å². The Morgan fingerprint density at radius 1 is 1.27 bits per heavy atom. The zero-order valence-corrected chi connectivity index (χ0v) is 16.2. The van der Waals surface area contributed by atoms with Crippen LogP contribution < -0.4 is 15.5 Å². The van der Waals surface area contributed by atoms with Crippen molar-refractivity contribution in [3.05, 3.63) is 22.7 Å². The molecule has 4 rings (SSSR count). The summed E-state index contributed by atoms with van der Waals surface area (Å²) in [5.41, 5.74) is 0.969. The molecule has 0 aliphatic carbocycles. The summed E-state index contributed by atoms with van der Waals surface area (Å²) in [5.74, 6) is -0.335. The quantitative estimate of drug-likeness (QED) is 0.758. The van der Waals surface area contributed by atoms with Crippen LogP contribution in [0.2, 0.25) is 0 Å². The van der Waals surface area contributed by atoms with Gasteiger partial charge in [0.2, 0.25) is 5.91 Å². The Balaban J connectivity index is 1.41. The van der Waals surface area contributed by atoms with E-state index < -0.39 is 18.8 Å². The fraction of sp³-hybridized carbons (Fsp3) is 0.500. The van der Waals surface area contributed by atoms with Gasteiger partial charge in [0.1, 0.15) is 6.29 Å². The Bertz CT molecular complexity index is 811. The molecule has 140 valence electrons. The predicted octanol–water partition coefficient (Wildman–Crippen LogP) is 2.21. The monoisotopic (exact) mass is 445 g/mol. The van der Waals surface area contributed by atoms with Gasteiger partial charge in [0.25, 0.3) is 6.43 Å². The maximum absolute atomic E-state index is 13.0. The minimum atomic E-state index is -2.55. The number of carbonyl (C=O) groups excluding carboxylic acids is 1. The lowest BCUT2D eigenvalue weighted by molar-refractivity contribution is -0.129. The molecule has 26 heavy (non-hydrogen) atoms. The number of thiazole rings is 1. The molecule has 0 spiro atoms. The minimum Gasteiger partial charge on any atom is -0.345 e. The minimum absolute atomic E-state index is 0.185. The van der Waals surface area contributed by atoms with Crippen LogP contribution >= 0.6 is 27.3 Å². The van der Waals surface area contributed by atoms with Crippen LogP contribution in [0.25, 0.3) is 10.2 Å². The number of piperazine rings is 1. The van der Waals surface area contributed by atoms with E-state index >= 15 is 0 Å². The van der Waals surface area contributed by atoms with Gasteiger partial charge in [0, 0.05) is 37.1 Å². The van der Waals surface area contributed by atoms with Gasteiger partial charge in [-0.3, -0.25) is 15.0 Å². The van der Waals surface area contributed by atoms with Gasteiger partial charge in [-0.2, -0.15) is 0 Å². The predicted molar refractivity (Wildman–Crippen MR) is 101 cm³/mol. The summed E-state index contributed by atoms with van der Waals surface area (Å²) in [6.07, 6.45) is -3.27. The molecule has 1 aromatic carbocycles.